The SMILES string of the molecule is NN1CCCCCCN1C1CCCCCCC1. The van der Waals surface area contributed by atoms with Crippen molar-refractivity contribution in [3.63, 3.8) is 0 Å². The van der Waals surface area contributed by atoms with E-state index < -0.39 is 0 Å². The maximum absolute atomic E-state index is 6.23. The van der Waals surface area contributed by atoms with Gasteiger partial charge in [0.05, 0.1) is 0 Å². The zero-order chi connectivity index (χ0) is 11.9. The Hall–Kier alpha value is -0.120. The van der Waals surface area contributed by atoms with Gasteiger partial charge in [0.15, 0.2) is 0 Å². The normalized spacial score (nSPS) is 28.1. The van der Waals surface area contributed by atoms with Crippen molar-refractivity contribution in [1.82, 2.24) is 10.1 Å². The average molecular weight is 239 g/mol. The van der Waals surface area contributed by atoms with E-state index in [-0.39, 0.29) is 0 Å². The Balaban J connectivity index is 1.90. The lowest BCUT2D eigenvalue weighted by Gasteiger charge is -2.40. The first kappa shape index (κ1) is 13.3. The van der Waals surface area contributed by atoms with Crippen LogP contribution in [0.2, 0.25) is 0 Å². The van der Waals surface area contributed by atoms with Gasteiger partial charge in [0.2, 0.25) is 0 Å². The summed E-state index contributed by atoms with van der Waals surface area (Å²) in [7, 11) is 0. The van der Waals surface area contributed by atoms with Crippen LogP contribution in [0.15, 0.2) is 0 Å². The zero-order valence-corrected chi connectivity index (χ0v) is 11.2. The van der Waals surface area contributed by atoms with E-state index in [0.717, 1.165) is 12.6 Å². The number of hydrogen-bond donors (Lipinski definition) is 1. The Morgan fingerprint density at radius 1 is 0.647 bits per heavy atom. The monoisotopic (exact) mass is 239 g/mol. The number of rotatable bonds is 1. The molecule has 3 nitrogen and oxygen atoms in total. The summed E-state index contributed by atoms with van der Waals surface area (Å²) in [5.74, 6) is 6.23. The van der Waals surface area contributed by atoms with E-state index in [4.69, 9.17) is 5.84 Å². The molecule has 1 aliphatic carbocycles. The summed E-state index contributed by atoms with van der Waals surface area (Å²) in [4.78, 5) is 0. The van der Waals surface area contributed by atoms with Gasteiger partial charge in [-0.05, 0) is 25.7 Å². The number of nitrogens with zero attached hydrogens (tertiary/aromatic N) is 2. The summed E-state index contributed by atoms with van der Waals surface area (Å²) in [6.07, 6.45) is 15.1. The van der Waals surface area contributed by atoms with Crippen molar-refractivity contribution in [1.29, 1.82) is 0 Å². The minimum absolute atomic E-state index is 0.721. The highest BCUT2D eigenvalue weighted by Crippen LogP contribution is 2.23. The second-order valence-electron chi connectivity index (χ2n) is 5.74. The average Bonchev–Trinajstić information content (AvgIpc) is 2.26. The van der Waals surface area contributed by atoms with Gasteiger partial charge in [-0.1, -0.05) is 44.9 Å². The highest BCUT2D eigenvalue weighted by Gasteiger charge is 2.23. The van der Waals surface area contributed by atoms with Crippen molar-refractivity contribution in [2.24, 2.45) is 5.84 Å². The predicted octanol–water partition coefficient (Wildman–Crippen LogP) is 3.07. The van der Waals surface area contributed by atoms with Crippen molar-refractivity contribution < 1.29 is 0 Å². The van der Waals surface area contributed by atoms with Crippen LogP contribution in [-0.2, 0) is 0 Å². The second kappa shape index (κ2) is 7.34. The topological polar surface area (TPSA) is 32.5 Å². The summed E-state index contributed by atoms with van der Waals surface area (Å²) in [6, 6.07) is 0.721. The smallest absolute Gasteiger partial charge is 0.0288 e. The van der Waals surface area contributed by atoms with Gasteiger partial charge in [-0.3, -0.25) is 5.84 Å². The molecule has 2 fully saturated rings. The summed E-state index contributed by atoms with van der Waals surface area (Å²) in [6.45, 7) is 2.23. The highest BCUT2D eigenvalue weighted by atomic mass is 15.8. The Bertz CT molecular complexity index is 200. The molecular weight excluding hydrogens is 210 g/mol. The third-order valence-electron chi connectivity index (χ3n) is 4.35. The first-order valence-electron chi connectivity index (χ1n) is 7.67. The Morgan fingerprint density at radius 2 is 1.18 bits per heavy atom. The van der Waals surface area contributed by atoms with Crippen LogP contribution in [0.1, 0.15) is 70.6 Å². The lowest BCUT2D eigenvalue weighted by Crippen LogP contribution is -2.54. The van der Waals surface area contributed by atoms with Crippen molar-refractivity contribution in [2.45, 2.75) is 76.7 Å². The molecule has 2 aliphatic rings. The Morgan fingerprint density at radius 3 is 1.88 bits per heavy atom. The van der Waals surface area contributed by atoms with Gasteiger partial charge in [0, 0.05) is 19.1 Å². The van der Waals surface area contributed by atoms with Crippen LogP contribution in [0.25, 0.3) is 0 Å². The summed E-state index contributed by atoms with van der Waals surface area (Å²) < 4.78 is 0. The number of nitrogens with two attached hydrogens (primary N) is 1. The van der Waals surface area contributed by atoms with Crippen LogP contribution >= 0.6 is 0 Å². The van der Waals surface area contributed by atoms with E-state index in [2.05, 4.69) is 5.01 Å². The highest BCUT2D eigenvalue weighted by molar-refractivity contribution is 4.73. The van der Waals surface area contributed by atoms with E-state index in [1.54, 1.807) is 0 Å². The van der Waals surface area contributed by atoms with Crippen LogP contribution in [-0.4, -0.2) is 29.3 Å². The Labute approximate surface area is 106 Å². The lowest BCUT2D eigenvalue weighted by atomic mass is 9.96. The van der Waals surface area contributed by atoms with Gasteiger partial charge in [-0.15, -0.1) is 0 Å². The van der Waals surface area contributed by atoms with E-state index >= 15 is 0 Å². The van der Waals surface area contributed by atoms with Gasteiger partial charge < -0.3 is 0 Å². The molecule has 1 saturated carbocycles. The number of hydrogen-bond acceptors (Lipinski definition) is 3. The Kier molecular flexibility index (Phi) is 5.75. The van der Waals surface area contributed by atoms with Gasteiger partial charge in [0.25, 0.3) is 0 Å². The van der Waals surface area contributed by atoms with Crippen molar-refractivity contribution in [3.8, 4) is 0 Å². The van der Waals surface area contributed by atoms with Crippen molar-refractivity contribution in [3.05, 3.63) is 0 Å². The van der Waals surface area contributed by atoms with Crippen molar-refractivity contribution >= 4 is 0 Å². The zero-order valence-electron chi connectivity index (χ0n) is 11.2. The van der Waals surface area contributed by atoms with Gasteiger partial charge in [-0.2, -0.15) is 5.12 Å². The molecule has 0 unspecified atom stereocenters. The summed E-state index contributed by atoms with van der Waals surface area (Å²) in [5, 5.41) is 4.52. The molecule has 0 atom stereocenters. The molecule has 0 spiro atoms. The molecule has 1 saturated heterocycles. The number of hydrazine groups is 2. The van der Waals surface area contributed by atoms with Crippen LogP contribution in [0.4, 0.5) is 0 Å². The molecule has 0 aromatic carbocycles. The quantitative estimate of drug-likeness (QED) is 0.714. The summed E-state index contributed by atoms with van der Waals surface area (Å²) >= 11 is 0. The molecular formula is C14H29N3. The largest absolute Gasteiger partial charge is 0.255 e. The van der Waals surface area contributed by atoms with Gasteiger partial charge in [0.1, 0.15) is 0 Å². The van der Waals surface area contributed by atoms with Crippen LogP contribution < -0.4 is 5.84 Å². The van der Waals surface area contributed by atoms with Crippen LogP contribution in [0, 0.1) is 0 Å². The molecule has 100 valence electrons. The van der Waals surface area contributed by atoms with Crippen LogP contribution in [0.3, 0.4) is 0 Å². The molecule has 1 heterocycles. The predicted molar refractivity (Wildman–Crippen MR) is 72.2 cm³/mol. The first-order chi connectivity index (χ1) is 8.38. The fourth-order valence-corrected chi connectivity index (χ4v) is 3.28. The van der Waals surface area contributed by atoms with Gasteiger partial charge >= 0.3 is 0 Å². The molecule has 3 heteroatoms. The molecule has 17 heavy (non-hydrogen) atoms. The lowest BCUT2D eigenvalue weighted by molar-refractivity contribution is -0.0767. The van der Waals surface area contributed by atoms with E-state index in [1.165, 1.54) is 77.2 Å². The fraction of sp³-hybridized carbons (Fsp3) is 1.00. The van der Waals surface area contributed by atoms with E-state index in [1.807, 2.05) is 5.12 Å². The standard InChI is InChI=1S/C14H29N3/c15-17-13-9-5-4-8-12-16(17)14-10-6-2-1-3-7-11-14/h14H,1-13,15H2. The third kappa shape index (κ3) is 4.23. The molecule has 0 amide bonds. The molecule has 0 aromatic heterocycles. The van der Waals surface area contributed by atoms with E-state index in [9.17, 15) is 0 Å². The minimum atomic E-state index is 0.721. The van der Waals surface area contributed by atoms with E-state index in [0.29, 0.717) is 0 Å². The molecule has 0 radical (unpaired) electrons. The third-order valence-corrected chi connectivity index (χ3v) is 4.35. The fourth-order valence-electron chi connectivity index (χ4n) is 3.28. The van der Waals surface area contributed by atoms with Gasteiger partial charge in [-0.25, -0.2) is 5.01 Å². The molecule has 0 aromatic rings. The molecule has 1 aliphatic heterocycles. The molecule has 2 N–H and O–H groups in total. The summed E-state index contributed by atoms with van der Waals surface area (Å²) in [5.41, 5.74) is 0. The maximum atomic E-state index is 6.23. The first-order valence-corrected chi connectivity index (χ1v) is 7.67. The molecule has 2 rings (SSSR count). The molecule has 0 bridgehead atoms. The second-order valence-corrected chi connectivity index (χ2v) is 5.74. The maximum Gasteiger partial charge on any atom is 0.0288 e. The minimum Gasteiger partial charge on any atom is -0.255 e. The van der Waals surface area contributed by atoms with Crippen molar-refractivity contribution in [2.75, 3.05) is 13.1 Å². The van der Waals surface area contributed by atoms with Crippen LogP contribution in [0.5, 0.6) is 0 Å².